The van der Waals surface area contributed by atoms with E-state index in [-0.39, 0.29) is 11.5 Å². The number of carbonyl (C=O) groups is 1. The van der Waals surface area contributed by atoms with Gasteiger partial charge in [-0.3, -0.25) is 4.79 Å². The number of aryl methyl sites for hydroxylation is 1. The number of carbonyl (C=O) groups excluding carboxylic acids is 1. The van der Waals surface area contributed by atoms with Crippen molar-refractivity contribution >= 4 is 34.7 Å². The summed E-state index contributed by atoms with van der Waals surface area (Å²) >= 11 is 6.04. The van der Waals surface area contributed by atoms with E-state index in [0.29, 0.717) is 22.2 Å². The second kappa shape index (κ2) is 7.27. The molecule has 0 aliphatic carbocycles. The Balaban J connectivity index is 1.68. The molecule has 0 saturated carbocycles. The van der Waals surface area contributed by atoms with E-state index in [1.54, 1.807) is 24.3 Å². The number of halogens is 2. The average Bonchev–Trinajstić information content (AvgIpc) is 2.59. The van der Waals surface area contributed by atoms with Crippen molar-refractivity contribution in [2.75, 3.05) is 10.6 Å². The van der Waals surface area contributed by atoms with E-state index in [2.05, 4.69) is 20.6 Å². The number of hydrogen-bond acceptors (Lipinski definition) is 4. The Bertz CT molecular complexity index is 915. The summed E-state index contributed by atoms with van der Waals surface area (Å²) in [5.41, 5.74) is 2.19. The molecule has 0 fully saturated rings. The molecule has 3 rings (SSSR count). The summed E-state index contributed by atoms with van der Waals surface area (Å²) in [5.74, 6) is -0.351. The zero-order valence-electron chi connectivity index (χ0n) is 13.3. The fourth-order valence-electron chi connectivity index (χ4n) is 2.09. The summed E-state index contributed by atoms with van der Waals surface area (Å²) in [6, 6.07) is 11.2. The minimum atomic E-state index is -0.398. The summed E-state index contributed by atoms with van der Waals surface area (Å²) in [7, 11) is 0. The van der Waals surface area contributed by atoms with Crippen LogP contribution in [0.25, 0.3) is 0 Å². The highest BCUT2D eigenvalue weighted by Gasteiger charge is 2.09. The van der Waals surface area contributed by atoms with Crippen LogP contribution >= 0.6 is 11.6 Å². The summed E-state index contributed by atoms with van der Waals surface area (Å²) in [6.45, 7) is 1.88. The number of aromatic nitrogens is 2. The molecule has 0 atom stereocenters. The number of anilines is 3. The number of nitrogens with zero attached hydrogens (tertiary/aromatic N) is 2. The Kier molecular flexibility index (Phi) is 4.90. The largest absolute Gasteiger partial charge is 0.339 e. The van der Waals surface area contributed by atoms with Crippen molar-refractivity contribution in [3.05, 3.63) is 77.0 Å². The van der Waals surface area contributed by atoms with Crippen LogP contribution in [-0.2, 0) is 0 Å². The summed E-state index contributed by atoms with van der Waals surface area (Å²) in [5, 5.41) is 6.19. The van der Waals surface area contributed by atoms with E-state index in [9.17, 15) is 9.18 Å². The maximum absolute atomic E-state index is 13.2. The van der Waals surface area contributed by atoms with Crippen LogP contribution in [0.1, 0.15) is 16.1 Å². The van der Waals surface area contributed by atoms with Crippen LogP contribution in [0.15, 0.2) is 54.9 Å². The zero-order chi connectivity index (χ0) is 17.8. The molecule has 3 aromatic rings. The molecule has 126 valence electrons. The normalized spacial score (nSPS) is 10.4. The van der Waals surface area contributed by atoms with E-state index in [4.69, 9.17) is 11.6 Å². The van der Waals surface area contributed by atoms with Gasteiger partial charge < -0.3 is 10.6 Å². The average molecular weight is 357 g/mol. The first-order valence-corrected chi connectivity index (χ1v) is 7.81. The fourth-order valence-corrected chi connectivity index (χ4v) is 2.27. The highest BCUT2D eigenvalue weighted by atomic mass is 35.5. The molecule has 0 aliphatic heterocycles. The highest BCUT2D eigenvalue weighted by molar-refractivity contribution is 6.31. The molecule has 0 bridgehead atoms. The van der Waals surface area contributed by atoms with E-state index in [0.717, 1.165) is 5.56 Å². The Hall–Kier alpha value is -2.99. The first-order valence-electron chi connectivity index (χ1n) is 7.43. The molecule has 5 nitrogen and oxygen atoms in total. The lowest BCUT2D eigenvalue weighted by Crippen LogP contribution is -2.14. The summed E-state index contributed by atoms with van der Waals surface area (Å²) in [6.07, 6.45) is 2.74. The lowest BCUT2D eigenvalue weighted by atomic mass is 10.2. The van der Waals surface area contributed by atoms with Crippen molar-refractivity contribution in [2.24, 2.45) is 0 Å². The smallest absolute Gasteiger partial charge is 0.275 e. The van der Waals surface area contributed by atoms with Crippen molar-refractivity contribution in [2.45, 2.75) is 6.92 Å². The monoisotopic (exact) mass is 356 g/mol. The van der Waals surface area contributed by atoms with Crippen LogP contribution < -0.4 is 10.6 Å². The molecule has 0 unspecified atom stereocenters. The van der Waals surface area contributed by atoms with Gasteiger partial charge in [0.15, 0.2) is 0 Å². The van der Waals surface area contributed by atoms with Crippen LogP contribution in [0, 0.1) is 12.7 Å². The third-order valence-electron chi connectivity index (χ3n) is 3.41. The van der Waals surface area contributed by atoms with Gasteiger partial charge in [-0.2, -0.15) is 0 Å². The first kappa shape index (κ1) is 16.9. The second-order valence-corrected chi connectivity index (χ2v) is 5.75. The topological polar surface area (TPSA) is 66.9 Å². The number of amides is 1. The van der Waals surface area contributed by atoms with E-state index in [1.807, 2.05) is 13.0 Å². The predicted molar refractivity (Wildman–Crippen MR) is 95.9 cm³/mol. The minimum absolute atomic E-state index is 0.154. The molecule has 7 heteroatoms. The fraction of sp³-hybridized carbons (Fsp3) is 0.0556. The first-order chi connectivity index (χ1) is 12.0. The minimum Gasteiger partial charge on any atom is -0.339 e. The zero-order valence-corrected chi connectivity index (χ0v) is 14.0. The van der Waals surface area contributed by atoms with Crippen molar-refractivity contribution in [1.29, 1.82) is 0 Å². The SMILES string of the molecule is Cc1ccc(NC(=O)c2cnc(Nc3cccc(F)c3)cn2)cc1Cl. The molecule has 25 heavy (non-hydrogen) atoms. The van der Waals surface area contributed by atoms with E-state index in [1.165, 1.54) is 24.5 Å². The van der Waals surface area contributed by atoms with Crippen molar-refractivity contribution in [1.82, 2.24) is 9.97 Å². The molecule has 0 aliphatic rings. The molecule has 1 aromatic heterocycles. The van der Waals surface area contributed by atoms with Crippen LogP contribution in [-0.4, -0.2) is 15.9 Å². The van der Waals surface area contributed by atoms with Crippen molar-refractivity contribution in [3.8, 4) is 0 Å². The van der Waals surface area contributed by atoms with Gasteiger partial charge in [0.2, 0.25) is 0 Å². The molecule has 1 heterocycles. The molecule has 0 radical (unpaired) electrons. The van der Waals surface area contributed by atoms with Gasteiger partial charge in [0.05, 0.1) is 12.4 Å². The lowest BCUT2D eigenvalue weighted by Gasteiger charge is -2.08. The predicted octanol–water partition coefficient (Wildman–Crippen LogP) is 4.57. The quantitative estimate of drug-likeness (QED) is 0.718. The Morgan fingerprint density at radius 1 is 1.08 bits per heavy atom. The van der Waals surface area contributed by atoms with Gasteiger partial charge in [-0.25, -0.2) is 14.4 Å². The van der Waals surface area contributed by atoms with Crippen LogP contribution in [0.5, 0.6) is 0 Å². The second-order valence-electron chi connectivity index (χ2n) is 5.34. The molecule has 2 aromatic carbocycles. The standard InChI is InChI=1S/C18H14ClFN4O/c1-11-5-6-14(8-15(11)19)24-18(25)16-9-22-17(10-21-16)23-13-4-2-3-12(20)7-13/h2-10H,1H3,(H,22,23)(H,24,25). The van der Waals surface area contributed by atoms with Gasteiger partial charge in [0.25, 0.3) is 5.91 Å². The molecule has 0 saturated heterocycles. The third-order valence-corrected chi connectivity index (χ3v) is 3.82. The Morgan fingerprint density at radius 3 is 2.60 bits per heavy atom. The van der Waals surface area contributed by atoms with Crippen LogP contribution in [0.3, 0.4) is 0 Å². The molecular weight excluding hydrogens is 343 g/mol. The number of rotatable bonds is 4. The van der Waals surface area contributed by atoms with E-state index < -0.39 is 5.91 Å². The highest BCUT2D eigenvalue weighted by Crippen LogP contribution is 2.20. The van der Waals surface area contributed by atoms with Gasteiger partial charge in [0, 0.05) is 16.4 Å². The van der Waals surface area contributed by atoms with Crippen molar-refractivity contribution < 1.29 is 9.18 Å². The Morgan fingerprint density at radius 2 is 1.92 bits per heavy atom. The molecule has 1 amide bonds. The van der Waals surface area contributed by atoms with Gasteiger partial charge in [-0.1, -0.05) is 23.7 Å². The molecule has 2 N–H and O–H groups in total. The van der Waals surface area contributed by atoms with Gasteiger partial charge in [0.1, 0.15) is 17.3 Å². The van der Waals surface area contributed by atoms with Crippen LogP contribution in [0.2, 0.25) is 5.02 Å². The maximum atomic E-state index is 13.2. The maximum Gasteiger partial charge on any atom is 0.275 e. The van der Waals surface area contributed by atoms with Crippen LogP contribution in [0.4, 0.5) is 21.6 Å². The third kappa shape index (κ3) is 4.30. The van der Waals surface area contributed by atoms with E-state index >= 15 is 0 Å². The van der Waals surface area contributed by atoms with Gasteiger partial charge in [-0.15, -0.1) is 0 Å². The number of nitrogens with one attached hydrogen (secondary N) is 2. The molecular formula is C18H14ClFN4O. The Labute approximate surface area is 148 Å². The summed E-state index contributed by atoms with van der Waals surface area (Å²) < 4.78 is 13.2. The van der Waals surface area contributed by atoms with Crippen molar-refractivity contribution in [3.63, 3.8) is 0 Å². The summed E-state index contributed by atoms with van der Waals surface area (Å²) in [4.78, 5) is 20.4. The van der Waals surface area contributed by atoms with Gasteiger partial charge >= 0.3 is 0 Å². The lowest BCUT2D eigenvalue weighted by molar-refractivity contribution is 0.102. The molecule has 0 spiro atoms. The number of benzene rings is 2. The number of hydrogen-bond donors (Lipinski definition) is 2. The van der Waals surface area contributed by atoms with Gasteiger partial charge in [-0.05, 0) is 42.8 Å².